The van der Waals surface area contributed by atoms with Crippen molar-refractivity contribution in [3.63, 3.8) is 0 Å². The lowest BCUT2D eigenvalue weighted by Gasteiger charge is -2.42. The number of imide groups is 1. The molecule has 49 heavy (non-hydrogen) atoms. The van der Waals surface area contributed by atoms with Crippen LogP contribution < -0.4 is 14.5 Å². The molecule has 1 heterocycles. The van der Waals surface area contributed by atoms with Crippen molar-refractivity contribution in [1.29, 1.82) is 0 Å². The number of hydrogen-bond acceptors (Lipinski definition) is 9. The lowest BCUT2D eigenvalue weighted by atomic mass is 9.59. The maximum Gasteiger partial charge on any atom is 0.238 e. The second-order valence-electron chi connectivity index (χ2n) is 13.0. The van der Waals surface area contributed by atoms with E-state index < -0.39 is 23.7 Å². The van der Waals surface area contributed by atoms with Gasteiger partial charge in [-0.3, -0.25) is 24.1 Å². The fourth-order valence-corrected chi connectivity index (χ4v) is 7.60. The fourth-order valence-electron chi connectivity index (χ4n) is 7.60. The number of aromatic hydroxyl groups is 1. The molecule has 1 fully saturated rings. The molecule has 1 saturated heterocycles. The first-order valence-corrected chi connectivity index (χ1v) is 16.4. The van der Waals surface area contributed by atoms with E-state index in [0.29, 0.717) is 52.4 Å². The monoisotopic (exact) mass is 656 g/mol. The van der Waals surface area contributed by atoms with Gasteiger partial charge >= 0.3 is 0 Å². The molecule has 4 atom stereocenters. The Bertz CT molecular complexity index is 2020. The Morgan fingerprint density at radius 1 is 0.898 bits per heavy atom. The van der Waals surface area contributed by atoms with Gasteiger partial charge in [0.25, 0.3) is 0 Å². The number of carbonyl (C=O) groups excluding carboxylic acids is 4. The molecular formula is C39H36N4O6. The first-order valence-electron chi connectivity index (χ1n) is 16.4. The summed E-state index contributed by atoms with van der Waals surface area (Å²) in [6.07, 6.45) is 3.86. The van der Waals surface area contributed by atoms with E-state index in [-0.39, 0.29) is 41.3 Å². The van der Waals surface area contributed by atoms with E-state index in [0.717, 1.165) is 11.3 Å². The Hall–Kier alpha value is -5.64. The standard InChI is InChI=1S/C39H36N4O6/c1-5-49-33-19-22(6-17-31(33)44)34-27-15-16-28-35(29(27)20-30-36(34)32(45)18-21(2)37(30)46)39(48)43(38(28)47)26-13-9-24(10-14-26)41-40-23-7-11-25(12-8-23)42(3)4/h6-15,17-19,28-29,34-35,44H,5,16,20H2,1-4H3. The second-order valence-corrected chi connectivity index (χ2v) is 13.0. The zero-order valence-corrected chi connectivity index (χ0v) is 27.7. The number of amides is 2. The molecule has 248 valence electrons. The van der Waals surface area contributed by atoms with Gasteiger partial charge in [-0.05, 0) is 105 Å². The maximum atomic E-state index is 14.3. The van der Waals surface area contributed by atoms with Gasteiger partial charge in [0.05, 0.1) is 35.5 Å². The van der Waals surface area contributed by atoms with Crippen molar-refractivity contribution < 1.29 is 29.0 Å². The van der Waals surface area contributed by atoms with Gasteiger partial charge in [0, 0.05) is 42.4 Å². The van der Waals surface area contributed by atoms with Crippen LogP contribution >= 0.6 is 0 Å². The van der Waals surface area contributed by atoms with E-state index in [2.05, 4.69) is 10.2 Å². The second kappa shape index (κ2) is 12.4. The molecule has 3 aliphatic carbocycles. The molecule has 0 aromatic heterocycles. The maximum absolute atomic E-state index is 14.3. The largest absolute Gasteiger partial charge is 0.504 e. The topological polar surface area (TPSA) is 129 Å². The first kappa shape index (κ1) is 31.9. The zero-order chi connectivity index (χ0) is 34.6. The molecule has 10 heteroatoms. The number of anilines is 2. The minimum absolute atomic E-state index is 0.0370. The summed E-state index contributed by atoms with van der Waals surface area (Å²) in [5.41, 5.74) is 5.38. The Morgan fingerprint density at radius 2 is 1.57 bits per heavy atom. The summed E-state index contributed by atoms with van der Waals surface area (Å²) in [5.74, 6) is -3.26. The molecular weight excluding hydrogens is 620 g/mol. The number of allylic oxidation sites excluding steroid dienone is 6. The number of Topliss-reactive ketones (excluding diaryl/α,β-unsaturated/α-hetero) is 1. The number of phenolic OH excluding ortho intramolecular Hbond substituents is 1. The van der Waals surface area contributed by atoms with E-state index in [4.69, 9.17) is 4.74 Å². The summed E-state index contributed by atoms with van der Waals surface area (Å²) in [6, 6.07) is 19.4. The van der Waals surface area contributed by atoms with Crippen LogP contribution in [0.3, 0.4) is 0 Å². The Balaban J connectivity index is 1.20. The molecule has 0 radical (unpaired) electrons. The highest BCUT2D eigenvalue weighted by molar-refractivity contribution is 6.25. The summed E-state index contributed by atoms with van der Waals surface area (Å²) >= 11 is 0. The lowest BCUT2D eigenvalue weighted by molar-refractivity contribution is -0.123. The first-order chi connectivity index (χ1) is 23.6. The number of rotatable bonds is 7. The molecule has 0 saturated carbocycles. The normalized spacial score (nSPS) is 23.3. The summed E-state index contributed by atoms with van der Waals surface area (Å²) in [4.78, 5) is 58.5. The van der Waals surface area contributed by atoms with Crippen LogP contribution in [-0.4, -0.2) is 49.2 Å². The van der Waals surface area contributed by atoms with Crippen LogP contribution in [0.2, 0.25) is 0 Å². The summed E-state index contributed by atoms with van der Waals surface area (Å²) in [6.45, 7) is 3.75. The molecule has 3 aromatic rings. The van der Waals surface area contributed by atoms with Gasteiger partial charge < -0.3 is 14.7 Å². The van der Waals surface area contributed by atoms with Gasteiger partial charge in [0.1, 0.15) is 0 Å². The van der Waals surface area contributed by atoms with E-state index in [1.165, 1.54) is 17.0 Å². The number of ketones is 2. The Morgan fingerprint density at radius 3 is 2.22 bits per heavy atom. The Kier molecular flexibility index (Phi) is 8.10. The van der Waals surface area contributed by atoms with Crippen molar-refractivity contribution in [3.8, 4) is 11.5 Å². The average molecular weight is 657 g/mol. The molecule has 0 spiro atoms. The summed E-state index contributed by atoms with van der Waals surface area (Å²) in [5, 5.41) is 19.1. The SMILES string of the molecule is CCOc1cc(C2C3=CCC4C(=O)N(c5ccc(N=Nc6ccc(N(C)C)cc6)cc5)C(=O)C4C3CC3=C2C(=O)C=C(C)C3=O)ccc1O. The van der Waals surface area contributed by atoms with Gasteiger partial charge in [0.15, 0.2) is 23.1 Å². The molecule has 3 aromatic carbocycles. The average Bonchev–Trinajstić information content (AvgIpc) is 3.36. The number of benzene rings is 3. The third-order valence-corrected chi connectivity index (χ3v) is 9.93. The van der Waals surface area contributed by atoms with Crippen LogP contribution in [-0.2, 0) is 19.2 Å². The third kappa shape index (κ3) is 5.47. The molecule has 4 aliphatic rings. The van der Waals surface area contributed by atoms with E-state index in [1.807, 2.05) is 56.3 Å². The molecule has 7 rings (SSSR count). The smallest absolute Gasteiger partial charge is 0.238 e. The molecule has 1 aliphatic heterocycles. The number of fused-ring (bicyclic) bond motifs is 3. The quantitative estimate of drug-likeness (QED) is 0.127. The minimum atomic E-state index is -0.703. The number of ether oxygens (including phenoxy) is 1. The lowest BCUT2D eigenvalue weighted by Crippen LogP contribution is -2.39. The number of nitrogens with zero attached hydrogens (tertiary/aromatic N) is 4. The predicted octanol–water partition coefficient (Wildman–Crippen LogP) is 6.91. The summed E-state index contributed by atoms with van der Waals surface area (Å²) < 4.78 is 5.66. The van der Waals surface area contributed by atoms with E-state index in [9.17, 15) is 24.3 Å². The molecule has 2 amide bonds. The number of hydrogen-bond donors (Lipinski definition) is 1. The van der Waals surface area contributed by atoms with Gasteiger partial charge in [-0.15, -0.1) is 0 Å². The third-order valence-electron chi connectivity index (χ3n) is 9.93. The number of carbonyl (C=O) groups is 4. The van der Waals surface area contributed by atoms with Crippen LogP contribution in [0.5, 0.6) is 11.5 Å². The molecule has 0 bridgehead atoms. The van der Waals surface area contributed by atoms with Crippen molar-refractivity contribution in [2.75, 3.05) is 30.5 Å². The summed E-state index contributed by atoms with van der Waals surface area (Å²) in [7, 11) is 3.93. The fraction of sp³-hybridized carbons (Fsp3) is 0.282. The van der Waals surface area contributed by atoms with Gasteiger partial charge in [-0.2, -0.15) is 10.2 Å². The van der Waals surface area contributed by atoms with Crippen molar-refractivity contribution in [1.82, 2.24) is 0 Å². The van der Waals surface area contributed by atoms with Gasteiger partial charge in [-0.25, -0.2) is 0 Å². The highest BCUT2D eigenvalue weighted by Crippen LogP contribution is 2.56. The van der Waals surface area contributed by atoms with Crippen LogP contribution in [0, 0.1) is 17.8 Å². The molecule has 4 unspecified atom stereocenters. The van der Waals surface area contributed by atoms with Crippen LogP contribution in [0.4, 0.5) is 22.7 Å². The van der Waals surface area contributed by atoms with Gasteiger partial charge in [-0.1, -0.05) is 17.7 Å². The van der Waals surface area contributed by atoms with Crippen molar-refractivity contribution in [2.24, 2.45) is 28.0 Å². The van der Waals surface area contributed by atoms with E-state index in [1.54, 1.807) is 43.3 Å². The van der Waals surface area contributed by atoms with Crippen LogP contribution in [0.25, 0.3) is 0 Å². The minimum Gasteiger partial charge on any atom is -0.504 e. The molecule has 10 nitrogen and oxygen atoms in total. The highest BCUT2D eigenvalue weighted by Gasteiger charge is 2.56. The van der Waals surface area contributed by atoms with Crippen molar-refractivity contribution >= 4 is 46.1 Å². The van der Waals surface area contributed by atoms with Crippen molar-refractivity contribution in [2.45, 2.75) is 32.6 Å². The highest BCUT2D eigenvalue weighted by atomic mass is 16.5. The predicted molar refractivity (Wildman–Crippen MR) is 184 cm³/mol. The number of azo groups is 1. The number of phenols is 1. The Labute approximate surface area is 284 Å². The van der Waals surface area contributed by atoms with E-state index >= 15 is 0 Å². The zero-order valence-electron chi connectivity index (χ0n) is 27.7. The molecule has 1 N–H and O–H groups in total. The van der Waals surface area contributed by atoms with Crippen LogP contribution in [0.15, 0.2) is 111 Å². The van der Waals surface area contributed by atoms with Gasteiger partial charge in [0.2, 0.25) is 11.8 Å². The van der Waals surface area contributed by atoms with Crippen LogP contribution in [0.1, 0.15) is 38.2 Å². The van der Waals surface area contributed by atoms with Crippen molar-refractivity contribution in [3.05, 3.63) is 107 Å².